The van der Waals surface area contributed by atoms with Gasteiger partial charge in [0.05, 0.1) is 6.26 Å². The third kappa shape index (κ3) is 8.59. The Bertz CT molecular complexity index is 1320. The van der Waals surface area contributed by atoms with Crippen LogP contribution in [0.15, 0.2) is 84.9 Å². The molecule has 1 N–H and O–H groups in total. The standard InChI is InChI=1S/C28H29NO7S/c1-3-35-26(28(31)32)20-22-11-15-23(16-12-22)27(30)29(24-9-5-4-6-10-24)19-7-8-21-13-17-25(18-14-21)36-37(2,33)34/h4-18,26H,3,19-20H2,1-2H3,(H,31,32)/b8-7+/t26-/m0/s1. The molecule has 0 aliphatic rings. The zero-order valence-corrected chi connectivity index (χ0v) is 21.4. The molecule has 0 aliphatic heterocycles. The highest BCUT2D eigenvalue weighted by atomic mass is 32.2. The molecule has 0 fully saturated rings. The van der Waals surface area contributed by atoms with Crippen molar-refractivity contribution in [1.29, 1.82) is 0 Å². The lowest BCUT2D eigenvalue weighted by atomic mass is 10.0. The van der Waals surface area contributed by atoms with Crippen molar-refractivity contribution in [2.45, 2.75) is 19.4 Å². The van der Waals surface area contributed by atoms with Crippen LogP contribution in [0, 0.1) is 0 Å². The number of carboxylic acids is 1. The molecule has 3 aromatic rings. The van der Waals surface area contributed by atoms with Crippen LogP contribution in [0.2, 0.25) is 0 Å². The molecule has 0 unspecified atom stereocenters. The third-order valence-corrected chi connectivity index (χ3v) is 5.80. The second kappa shape index (κ2) is 12.8. The fraction of sp³-hybridized carbons (Fsp3) is 0.214. The van der Waals surface area contributed by atoms with Crippen molar-refractivity contribution in [2.24, 2.45) is 0 Å². The number of hydrogen-bond donors (Lipinski definition) is 1. The summed E-state index contributed by atoms with van der Waals surface area (Å²) in [6.07, 6.45) is 3.92. The number of carbonyl (C=O) groups is 2. The maximum absolute atomic E-state index is 13.4. The lowest BCUT2D eigenvalue weighted by Crippen LogP contribution is -2.31. The summed E-state index contributed by atoms with van der Waals surface area (Å²) >= 11 is 0. The van der Waals surface area contributed by atoms with Gasteiger partial charge >= 0.3 is 16.1 Å². The van der Waals surface area contributed by atoms with Gasteiger partial charge in [0.1, 0.15) is 5.75 Å². The highest BCUT2D eigenvalue weighted by Gasteiger charge is 2.20. The molecular weight excluding hydrogens is 494 g/mol. The quantitative estimate of drug-likeness (QED) is 0.350. The fourth-order valence-electron chi connectivity index (χ4n) is 3.59. The molecule has 1 amide bonds. The van der Waals surface area contributed by atoms with Crippen LogP contribution in [0.5, 0.6) is 5.75 Å². The third-order valence-electron chi connectivity index (χ3n) is 5.30. The van der Waals surface area contributed by atoms with E-state index in [9.17, 15) is 23.1 Å². The van der Waals surface area contributed by atoms with Crippen LogP contribution in [0.3, 0.4) is 0 Å². The van der Waals surface area contributed by atoms with Crippen LogP contribution in [0.1, 0.15) is 28.4 Å². The van der Waals surface area contributed by atoms with Gasteiger partial charge in [-0.3, -0.25) is 4.79 Å². The van der Waals surface area contributed by atoms with E-state index < -0.39 is 22.2 Å². The van der Waals surface area contributed by atoms with Gasteiger partial charge in [0.2, 0.25) is 0 Å². The summed E-state index contributed by atoms with van der Waals surface area (Å²) in [7, 11) is -3.59. The number of para-hydroxylation sites is 1. The van der Waals surface area contributed by atoms with E-state index in [1.165, 1.54) is 0 Å². The van der Waals surface area contributed by atoms with Crippen molar-refractivity contribution in [3.05, 3.63) is 102 Å². The summed E-state index contributed by atoms with van der Waals surface area (Å²) < 4.78 is 32.7. The Kier molecular flexibility index (Phi) is 9.59. The van der Waals surface area contributed by atoms with Crippen LogP contribution in [0.25, 0.3) is 6.08 Å². The first kappa shape index (κ1) is 27.6. The average molecular weight is 524 g/mol. The molecule has 0 aliphatic carbocycles. The Morgan fingerprint density at radius 1 is 0.973 bits per heavy atom. The zero-order valence-electron chi connectivity index (χ0n) is 20.6. The van der Waals surface area contributed by atoms with Gasteiger partial charge in [0.15, 0.2) is 6.10 Å². The monoisotopic (exact) mass is 523 g/mol. The van der Waals surface area contributed by atoms with E-state index >= 15 is 0 Å². The lowest BCUT2D eigenvalue weighted by Gasteiger charge is -2.22. The van der Waals surface area contributed by atoms with E-state index in [-0.39, 0.29) is 24.6 Å². The molecule has 194 valence electrons. The minimum atomic E-state index is -3.59. The molecule has 0 heterocycles. The van der Waals surface area contributed by atoms with Crippen molar-refractivity contribution in [1.82, 2.24) is 0 Å². The van der Waals surface area contributed by atoms with Crippen LogP contribution in [-0.4, -0.2) is 50.9 Å². The summed E-state index contributed by atoms with van der Waals surface area (Å²) in [5.74, 6) is -1.01. The van der Waals surface area contributed by atoms with Crippen LogP contribution in [0.4, 0.5) is 5.69 Å². The van der Waals surface area contributed by atoms with Crippen LogP contribution < -0.4 is 9.08 Å². The van der Waals surface area contributed by atoms with Gasteiger partial charge in [-0.15, -0.1) is 0 Å². The molecule has 1 atom stereocenters. The number of amides is 1. The van der Waals surface area contributed by atoms with Crippen molar-refractivity contribution >= 4 is 33.8 Å². The van der Waals surface area contributed by atoms with E-state index in [0.29, 0.717) is 12.2 Å². The van der Waals surface area contributed by atoms with Gasteiger partial charge in [0, 0.05) is 30.8 Å². The maximum atomic E-state index is 13.4. The number of aliphatic carboxylic acids is 1. The minimum Gasteiger partial charge on any atom is -0.479 e. The smallest absolute Gasteiger partial charge is 0.333 e. The molecule has 0 aromatic heterocycles. The largest absolute Gasteiger partial charge is 0.479 e. The fourth-order valence-corrected chi connectivity index (χ4v) is 4.05. The molecule has 8 nitrogen and oxygen atoms in total. The number of ether oxygens (including phenoxy) is 1. The van der Waals surface area contributed by atoms with E-state index in [0.717, 1.165) is 23.1 Å². The second-order valence-corrected chi connectivity index (χ2v) is 9.77. The van der Waals surface area contributed by atoms with Gasteiger partial charge in [-0.25, -0.2) is 4.79 Å². The molecule has 3 aromatic carbocycles. The highest BCUT2D eigenvalue weighted by molar-refractivity contribution is 7.86. The van der Waals surface area contributed by atoms with E-state index in [4.69, 9.17) is 8.92 Å². The summed E-state index contributed by atoms with van der Waals surface area (Å²) in [6.45, 7) is 2.33. The normalized spacial score (nSPS) is 12.3. The molecule has 3 rings (SSSR count). The molecule has 9 heteroatoms. The van der Waals surface area contributed by atoms with E-state index in [1.54, 1.807) is 60.4 Å². The van der Waals surface area contributed by atoms with Gasteiger partial charge in [-0.1, -0.05) is 54.6 Å². The van der Waals surface area contributed by atoms with Crippen molar-refractivity contribution in [2.75, 3.05) is 24.3 Å². The number of rotatable bonds is 12. The number of carbonyl (C=O) groups excluding carboxylic acids is 1. The number of benzene rings is 3. The van der Waals surface area contributed by atoms with Crippen molar-refractivity contribution in [3.63, 3.8) is 0 Å². The van der Waals surface area contributed by atoms with Crippen molar-refractivity contribution in [3.8, 4) is 5.75 Å². The second-order valence-electron chi connectivity index (χ2n) is 8.19. The zero-order chi connectivity index (χ0) is 26.8. The minimum absolute atomic E-state index is 0.205. The molecule has 0 saturated heterocycles. The highest BCUT2D eigenvalue weighted by Crippen LogP contribution is 2.19. The van der Waals surface area contributed by atoms with Crippen LogP contribution in [-0.2, 0) is 26.1 Å². The number of carboxylic acid groups (broad SMARTS) is 1. The molecule has 0 saturated carbocycles. The number of anilines is 1. The molecule has 0 bridgehead atoms. The lowest BCUT2D eigenvalue weighted by molar-refractivity contribution is -0.149. The summed E-state index contributed by atoms with van der Waals surface area (Å²) in [6, 6.07) is 22.7. The van der Waals surface area contributed by atoms with Gasteiger partial charge < -0.3 is 18.9 Å². The first-order valence-corrected chi connectivity index (χ1v) is 13.4. The summed E-state index contributed by atoms with van der Waals surface area (Å²) in [5.41, 5.74) is 2.76. The van der Waals surface area contributed by atoms with E-state index in [1.807, 2.05) is 42.5 Å². The number of hydrogen-bond acceptors (Lipinski definition) is 6. The van der Waals surface area contributed by atoms with Gasteiger partial charge in [-0.05, 0) is 54.4 Å². The Hall–Kier alpha value is -3.95. The molecule has 37 heavy (non-hydrogen) atoms. The number of nitrogens with zero attached hydrogens (tertiary/aromatic N) is 1. The Morgan fingerprint density at radius 2 is 1.62 bits per heavy atom. The van der Waals surface area contributed by atoms with Crippen molar-refractivity contribution < 1.29 is 32.0 Å². The molecule has 0 spiro atoms. The Morgan fingerprint density at radius 3 is 2.19 bits per heavy atom. The Labute approximate surface area is 216 Å². The van der Waals surface area contributed by atoms with Gasteiger partial charge in [-0.2, -0.15) is 8.42 Å². The predicted octanol–water partition coefficient (Wildman–Crippen LogP) is 4.42. The van der Waals surface area contributed by atoms with Gasteiger partial charge in [0.25, 0.3) is 5.91 Å². The maximum Gasteiger partial charge on any atom is 0.333 e. The first-order chi connectivity index (χ1) is 17.7. The SMILES string of the molecule is CCO[C@@H](Cc1ccc(C(=O)N(C/C=C/c2ccc(OS(C)(=O)=O)cc2)c2ccccc2)cc1)C(=O)O. The van der Waals surface area contributed by atoms with Crippen LogP contribution >= 0.6 is 0 Å². The summed E-state index contributed by atoms with van der Waals surface area (Å²) in [5, 5.41) is 9.31. The molecular formula is C28H29NO7S. The van der Waals surface area contributed by atoms with E-state index in [2.05, 4.69) is 0 Å². The average Bonchev–Trinajstić information content (AvgIpc) is 2.87. The Balaban J connectivity index is 1.74. The first-order valence-electron chi connectivity index (χ1n) is 11.6. The predicted molar refractivity (Wildman–Crippen MR) is 142 cm³/mol. The topological polar surface area (TPSA) is 110 Å². The summed E-state index contributed by atoms with van der Waals surface area (Å²) in [4.78, 5) is 26.4. The molecule has 0 radical (unpaired) electrons.